The zero-order valence-corrected chi connectivity index (χ0v) is 11.6. The molecule has 2 aromatic rings. The number of rotatable bonds is 5. The van der Waals surface area contributed by atoms with Gasteiger partial charge in [0.05, 0.1) is 15.9 Å². The summed E-state index contributed by atoms with van der Waals surface area (Å²) in [5.41, 5.74) is 1.20. The molecule has 2 aromatic carbocycles. The summed E-state index contributed by atoms with van der Waals surface area (Å²) in [6.07, 6.45) is 0. The van der Waals surface area contributed by atoms with E-state index in [9.17, 15) is 20.2 Å². The quantitative estimate of drug-likeness (QED) is 0.499. The normalized spacial score (nSPS) is 10.1. The fourth-order valence-corrected chi connectivity index (χ4v) is 1.95. The summed E-state index contributed by atoms with van der Waals surface area (Å²) < 4.78 is 0. The molecule has 0 unspecified atom stereocenters. The Morgan fingerprint density at radius 1 is 1.00 bits per heavy atom. The minimum Gasteiger partial charge on any atom is -0.350 e. The number of benzene rings is 2. The maximum absolute atomic E-state index is 11.0. The number of hydrogen-bond donors (Lipinski definition) is 2. The van der Waals surface area contributed by atoms with Gasteiger partial charge in [0.25, 0.3) is 11.4 Å². The summed E-state index contributed by atoms with van der Waals surface area (Å²) in [6, 6.07) is 10.7. The van der Waals surface area contributed by atoms with Crippen LogP contribution in [0.5, 0.6) is 0 Å². The maximum atomic E-state index is 11.0. The lowest BCUT2D eigenvalue weighted by Gasteiger charge is -2.07. The average Bonchev–Trinajstić information content (AvgIpc) is 2.48. The molecule has 0 aliphatic heterocycles. The molecule has 2 rings (SSSR count). The molecule has 108 valence electrons. The summed E-state index contributed by atoms with van der Waals surface area (Å²) in [7, 11) is 0. The second-order valence-corrected chi connectivity index (χ2v) is 4.51. The molecule has 0 spiro atoms. The predicted molar refractivity (Wildman–Crippen MR) is 82.2 cm³/mol. The molecule has 0 atom stereocenters. The lowest BCUT2D eigenvalue weighted by molar-refractivity contribution is -0.393. The van der Waals surface area contributed by atoms with Crippen molar-refractivity contribution in [1.82, 2.24) is 0 Å². The molecule has 0 saturated carbocycles. The van der Waals surface area contributed by atoms with Crippen LogP contribution in [0.2, 0.25) is 0 Å². The van der Waals surface area contributed by atoms with Crippen molar-refractivity contribution in [2.24, 2.45) is 0 Å². The zero-order chi connectivity index (χ0) is 15.4. The summed E-state index contributed by atoms with van der Waals surface area (Å²) in [4.78, 5) is 20.4. The highest BCUT2D eigenvalue weighted by Crippen LogP contribution is 2.31. The largest absolute Gasteiger partial charge is 0.350 e. The van der Waals surface area contributed by atoms with Gasteiger partial charge in [-0.25, -0.2) is 0 Å². The maximum Gasteiger partial charge on any atom is 0.299 e. The van der Waals surface area contributed by atoms with Gasteiger partial charge < -0.3 is 5.32 Å². The van der Waals surface area contributed by atoms with Gasteiger partial charge in [0, 0.05) is 17.5 Å². The second-order valence-electron chi connectivity index (χ2n) is 4.20. The fraction of sp³-hybridized carbons (Fsp3) is 0.0769. The van der Waals surface area contributed by atoms with E-state index in [1.807, 2.05) is 12.1 Å². The molecule has 0 heterocycles. The van der Waals surface area contributed by atoms with Gasteiger partial charge >= 0.3 is 0 Å². The molecule has 0 bridgehead atoms. The van der Waals surface area contributed by atoms with Crippen molar-refractivity contribution in [2.45, 2.75) is 5.75 Å². The molecule has 0 fully saturated rings. The molecule has 0 aliphatic rings. The van der Waals surface area contributed by atoms with E-state index >= 15 is 0 Å². The molecule has 7 nitrogen and oxygen atoms in total. The van der Waals surface area contributed by atoms with Crippen molar-refractivity contribution in [3.8, 4) is 0 Å². The lowest BCUT2D eigenvalue weighted by Crippen LogP contribution is -1.98. The first-order chi connectivity index (χ1) is 10.0. The molecular weight excluding hydrogens is 294 g/mol. The van der Waals surface area contributed by atoms with E-state index in [0.29, 0.717) is 11.4 Å². The van der Waals surface area contributed by atoms with E-state index in [4.69, 9.17) is 0 Å². The van der Waals surface area contributed by atoms with Gasteiger partial charge in [0.2, 0.25) is 0 Å². The molecule has 0 aromatic heterocycles. The van der Waals surface area contributed by atoms with E-state index in [0.717, 1.165) is 11.6 Å². The number of non-ortho nitro benzene ring substituents is 1. The molecule has 21 heavy (non-hydrogen) atoms. The summed E-state index contributed by atoms with van der Waals surface area (Å²) in [5, 5.41) is 24.6. The van der Waals surface area contributed by atoms with Crippen molar-refractivity contribution in [2.75, 3.05) is 5.32 Å². The molecule has 0 radical (unpaired) electrons. The van der Waals surface area contributed by atoms with Crippen LogP contribution in [0.4, 0.5) is 22.7 Å². The van der Waals surface area contributed by atoms with Crippen LogP contribution in [-0.4, -0.2) is 9.85 Å². The molecule has 8 heteroatoms. The van der Waals surface area contributed by atoms with E-state index < -0.39 is 9.85 Å². The SMILES string of the molecule is O=[N+]([O-])c1ccc(Nc2ccc(CS)cc2)c([N+](=O)[O-])c1. The minimum absolute atomic E-state index is 0.198. The number of nitro groups is 2. The van der Waals surface area contributed by atoms with Gasteiger partial charge in [-0.1, -0.05) is 12.1 Å². The Labute approximate surface area is 125 Å². The Kier molecular flexibility index (Phi) is 4.39. The summed E-state index contributed by atoms with van der Waals surface area (Å²) in [6.45, 7) is 0. The first kappa shape index (κ1) is 14.8. The van der Waals surface area contributed by atoms with E-state index in [1.165, 1.54) is 12.1 Å². The lowest BCUT2D eigenvalue weighted by atomic mass is 10.2. The highest BCUT2D eigenvalue weighted by atomic mass is 32.1. The molecular formula is C13H11N3O4S. The third-order valence-electron chi connectivity index (χ3n) is 2.80. The van der Waals surface area contributed by atoms with Crippen LogP contribution in [0.15, 0.2) is 42.5 Å². The van der Waals surface area contributed by atoms with Gasteiger partial charge in [0.1, 0.15) is 5.69 Å². The Hall–Kier alpha value is -2.61. The van der Waals surface area contributed by atoms with Crippen LogP contribution in [0.3, 0.4) is 0 Å². The number of anilines is 2. The van der Waals surface area contributed by atoms with E-state index in [1.54, 1.807) is 12.1 Å². The molecule has 0 aliphatic carbocycles. The Morgan fingerprint density at radius 2 is 1.67 bits per heavy atom. The van der Waals surface area contributed by atoms with Gasteiger partial charge in [0.15, 0.2) is 0 Å². The van der Waals surface area contributed by atoms with E-state index in [2.05, 4.69) is 17.9 Å². The second kappa shape index (κ2) is 6.23. The van der Waals surface area contributed by atoms with Crippen LogP contribution in [0.1, 0.15) is 5.56 Å². The van der Waals surface area contributed by atoms with E-state index in [-0.39, 0.29) is 17.1 Å². The smallest absolute Gasteiger partial charge is 0.299 e. The topological polar surface area (TPSA) is 98.3 Å². The third kappa shape index (κ3) is 3.48. The number of hydrogen-bond acceptors (Lipinski definition) is 6. The Morgan fingerprint density at radius 3 is 2.19 bits per heavy atom. The first-order valence-electron chi connectivity index (χ1n) is 5.91. The monoisotopic (exact) mass is 305 g/mol. The van der Waals surface area contributed by atoms with Crippen LogP contribution in [-0.2, 0) is 5.75 Å². The average molecular weight is 305 g/mol. The summed E-state index contributed by atoms with van der Waals surface area (Å²) in [5.74, 6) is 0.595. The molecule has 0 saturated heterocycles. The van der Waals surface area contributed by atoms with Gasteiger partial charge in [-0.05, 0) is 23.8 Å². The van der Waals surface area contributed by atoms with Crippen molar-refractivity contribution in [1.29, 1.82) is 0 Å². The fourth-order valence-electron chi connectivity index (χ4n) is 1.74. The van der Waals surface area contributed by atoms with Crippen molar-refractivity contribution in [3.05, 3.63) is 68.3 Å². The highest BCUT2D eigenvalue weighted by Gasteiger charge is 2.19. The van der Waals surface area contributed by atoms with Crippen LogP contribution < -0.4 is 5.32 Å². The summed E-state index contributed by atoms with van der Waals surface area (Å²) >= 11 is 4.14. The number of nitrogens with zero attached hydrogens (tertiary/aromatic N) is 2. The zero-order valence-electron chi connectivity index (χ0n) is 10.7. The third-order valence-corrected chi connectivity index (χ3v) is 3.17. The van der Waals surface area contributed by atoms with Crippen molar-refractivity contribution < 1.29 is 9.85 Å². The Balaban J connectivity index is 2.34. The predicted octanol–water partition coefficient (Wildman–Crippen LogP) is 3.68. The Bertz CT molecular complexity index is 688. The molecule has 1 N–H and O–H groups in total. The van der Waals surface area contributed by atoms with Crippen molar-refractivity contribution >= 4 is 35.4 Å². The van der Waals surface area contributed by atoms with Gasteiger partial charge in [-0.3, -0.25) is 20.2 Å². The first-order valence-corrected chi connectivity index (χ1v) is 6.54. The van der Waals surface area contributed by atoms with Crippen LogP contribution in [0, 0.1) is 20.2 Å². The molecule has 0 amide bonds. The number of nitro benzene ring substituents is 2. The highest BCUT2D eigenvalue weighted by molar-refractivity contribution is 7.79. The minimum atomic E-state index is -0.668. The van der Waals surface area contributed by atoms with Crippen LogP contribution in [0.25, 0.3) is 0 Å². The van der Waals surface area contributed by atoms with Gasteiger partial charge in [-0.15, -0.1) is 0 Å². The van der Waals surface area contributed by atoms with Gasteiger partial charge in [-0.2, -0.15) is 12.6 Å². The van der Waals surface area contributed by atoms with Crippen LogP contribution >= 0.6 is 12.6 Å². The number of nitrogens with one attached hydrogen (secondary N) is 1. The number of thiol groups is 1. The standard InChI is InChI=1S/C13H11N3O4S/c17-15(18)11-5-6-12(13(7-11)16(19)20)14-10-3-1-9(8-21)2-4-10/h1-7,14,21H,8H2. The van der Waals surface area contributed by atoms with Crippen molar-refractivity contribution in [3.63, 3.8) is 0 Å².